The summed E-state index contributed by atoms with van der Waals surface area (Å²) in [6.07, 6.45) is 0.746. The summed E-state index contributed by atoms with van der Waals surface area (Å²) in [4.78, 5) is 24.2. The fourth-order valence-electron chi connectivity index (χ4n) is 3.23. The third-order valence-corrected chi connectivity index (χ3v) is 4.76. The van der Waals surface area contributed by atoms with Gasteiger partial charge in [0.05, 0.1) is 20.6 Å². The molecule has 0 saturated carbocycles. The van der Waals surface area contributed by atoms with E-state index in [4.69, 9.17) is 14.2 Å². The Hall–Kier alpha value is -3.54. The summed E-state index contributed by atoms with van der Waals surface area (Å²) >= 11 is 0. The number of hydrogen-bond acceptors (Lipinski definition) is 5. The van der Waals surface area contributed by atoms with Crippen LogP contribution in [-0.4, -0.2) is 39.2 Å². The number of hydrogen-bond donors (Lipinski definition) is 1. The molecule has 6 heteroatoms. The van der Waals surface area contributed by atoms with Gasteiger partial charge in [0.25, 0.3) is 5.91 Å². The maximum Gasteiger partial charge on any atom is 0.310 e. The zero-order chi connectivity index (χ0) is 21.3. The van der Waals surface area contributed by atoms with Gasteiger partial charge >= 0.3 is 5.97 Å². The molecule has 156 valence electrons. The third kappa shape index (κ3) is 5.50. The molecule has 30 heavy (non-hydrogen) atoms. The Morgan fingerprint density at radius 3 is 2.47 bits per heavy atom. The number of benzene rings is 3. The zero-order valence-corrected chi connectivity index (χ0v) is 17.1. The fraction of sp³-hybridized carbons (Fsp3) is 0.250. The largest absolute Gasteiger partial charge is 0.493 e. The van der Waals surface area contributed by atoms with Crippen molar-refractivity contribution in [3.8, 4) is 11.5 Å². The van der Waals surface area contributed by atoms with Crippen LogP contribution in [0, 0.1) is 0 Å². The number of fused-ring (bicyclic) bond motifs is 1. The molecule has 3 aromatic rings. The molecule has 0 aliphatic rings. The molecule has 1 N–H and O–H groups in total. The summed E-state index contributed by atoms with van der Waals surface area (Å²) in [5.41, 5.74) is 1.88. The summed E-state index contributed by atoms with van der Waals surface area (Å²) in [6.45, 7) is 0.130. The standard InChI is InChI=1S/C24H25NO5/c1-28-21-11-10-17(14-22(21)29-2)12-13-25-23(26)16-30-24(27)15-19-8-5-7-18-6-3-4-9-20(18)19/h3-11,14H,12-13,15-16H2,1-2H3,(H,25,26). The maximum absolute atomic E-state index is 12.2. The van der Waals surface area contributed by atoms with Crippen molar-refractivity contribution in [3.05, 3.63) is 71.8 Å². The molecule has 3 rings (SSSR count). The first kappa shape index (κ1) is 21.2. The smallest absolute Gasteiger partial charge is 0.310 e. The highest BCUT2D eigenvalue weighted by atomic mass is 16.5. The van der Waals surface area contributed by atoms with Crippen LogP contribution < -0.4 is 14.8 Å². The van der Waals surface area contributed by atoms with E-state index < -0.39 is 5.97 Å². The molecule has 0 aliphatic heterocycles. The fourth-order valence-corrected chi connectivity index (χ4v) is 3.23. The average Bonchev–Trinajstić information content (AvgIpc) is 2.78. The Morgan fingerprint density at radius 1 is 0.900 bits per heavy atom. The van der Waals surface area contributed by atoms with Crippen molar-refractivity contribution in [3.63, 3.8) is 0 Å². The first-order valence-electron chi connectivity index (χ1n) is 9.70. The van der Waals surface area contributed by atoms with E-state index >= 15 is 0 Å². The second kappa shape index (κ2) is 10.3. The lowest BCUT2D eigenvalue weighted by Crippen LogP contribution is -2.30. The SMILES string of the molecule is COc1ccc(CCNC(=O)COC(=O)Cc2cccc3ccccc23)cc1OC. The minimum Gasteiger partial charge on any atom is -0.493 e. The van der Waals surface area contributed by atoms with Crippen molar-refractivity contribution in [2.75, 3.05) is 27.4 Å². The Labute approximate surface area is 175 Å². The molecule has 1 amide bonds. The minimum absolute atomic E-state index is 0.125. The van der Waals surface area contributed by atoms with Crippen LogP contribution in [-0.2, 0) is 27.2 Å². The number of carbonyl (C=O) groups is 2. The Morgan fingerprint density at radius 2 is 1.67 bits per heavy atom. The summed E-state index contributed by atoms with van der Waals surface area (Å²) in [5.74, 6) is 0.537. The van der Waals surface area contributed by atoms with Crippen LogP contribution in [0.25, 0.3) is 10.8 Å². The van der Waals surface area contributed by atoms with Crippen LogP contribution in [0.2, 0.25) is 0 Å². The predicted octanol–water partition coefficient (Wildman–Crippen LogP) is 3.30. The molecule has 0 unspecified atom stereocenters. The first-order chi connectivity index (χ1) is 14.6. The molecule has 3 aromatic carbocycles. The van der Waals surface area contributed by atoms with E-state index in [1.807, 2.05) is 60.7 Å². The molecule has 0 fully saturated rings. The van der Waals surface area contributed by atoms with Crippen LogP contribution in [0.1, 0.15) is 11.1 Å². The monoisotopic (exact) mass is 407 g/mol. The van der Waals surface area contributed by atoms with Crippen LogP contribution in [0.4, 0.5) is 0 Å². The minimum atomic E-state index is -0.429. The zero-order valence-electron chi connectivity index (χ0n) is 17.1. The maximum atomic E-state index is 12.2. The number of rotatable bonds is 9. The van der Waals surface area contributed by atoms with E-state index in [9.17, 15) is 9.59 Å². The van der Waals surface area contributed by atoms with Crippen LogP contribution >= 0.6 is 0 Å². The summed E-state index contributed by atoms with van der Waals surface area (Å²) < 4.78 is 15.6. The van der Waals surface area contributed by atoms with Crippen LogP contribution in [0.15, 0.2) is 60.7 Å². The highest BCUT2D eigenvalue weighted by molar-refractivity contribution is 5.89. The number of nitrogens with one attached hydrogen (secondary N) is 1. The van der Waals surface area contributed by atoms with Gasteiger partial charge in [-0.25, -0.2) is 0 Å². The number of methoxy groups -OCH3 is 2. The van der Waals surface area contributed by atoms with E-state index in [1.165, 1.54) is 0 Å². The molecule has 6 nitrogen and oxygen atoms in total. The predicted molar refractivity (Wildman–Crippen MR) is 115 cm³/mol. The van der Waals surface area contributed by atoms with Crippen molar-refractivity contribution < 1.29 is 23.8 Å². The first-order valence-corrected chi connectivity index (χ1v) is 9.70. The van der Waals surface area contributed by atoms with E-state index in [-0.39, 0.29) is 18.9 Å². The Kier molecular flexibility index (Phi) is 7.27. The van der Waals surface area contributed by atoms with Gasteiger partial charge in [-0.3, -0.25) is 9.59 Å². The molecular formula is C24H25NO5. The van der Waals surface area contributed by atoms with Gasteiger partial charge in [-0.15, -0.1) is 0 Å². The number of esters is 1. The second-order valence-electron chi connectivity index (χ2n) is 6.77. The molecule has 0 atom stereocenters. The Balaban J connectivity index is 1.44. The Bertz CT molecular complexity index is 1030. The van der Waals surface area contributed by atoms with E-state index in [0.29, 0.717) is 24.5 Å². The highest BCUT2D eigenvalue weighted by Gasteiger charge is 2.11. The van der Waals surface area contributed by atoms with Crippen molar-refractivity contribution >= 4 is 22.6 Å². The van der Waals surface area contributed by atoms with Crippen molar-refractivity contribution in [1.82, 2.24) is 5.32 Å². The van der Waals surface area contributed by atoms with Gasteiger partial charge in [-0.1, -0.05) is 48.5 Å². The lowest BCUT2D eigenvalue weighted by molar-refractivity contribution is -0.147. The number of amides is 1. The topological polar surface area (TPSA) is 73.9 Å². The van der Waals surface area contributed by atoms with E-state index in [0.717, 1.165) is 21.9 Å². The molecule has 0 heterocycles. The lowest BCUT2D eigenvalue weighted by Gasteiger charge is -2.10. The van der Waals surface area contributed by atoms with Gasteiger partial charge < -0.3 is 19.5 Å². The third-order valence-electron chi connectivity index (χ3n) is 4.76. The molecule has 0 aromatic heterocycles. The summed E-state index contributed by atoms with van der Waals surface area (Å²) in [6, 6.07) is 19.3. The number of carbonyl (C=O) groups excluding carboxylic acids is 2. The van der Waals surface area contributed by atoms with Gasteiger partial charge in [0.2, 0.25) is 0 Å². The lowest BCUT2D eigenvalue weighted by atomic mass is 10.0. The molecule has 0 bridgehead atoms. The normalized spacial score (nSPS) is 10.5. The van der Waals surface area contributed by atoms with Crippen LogP contribution in [0.3, 0.4) is 0 Å². The molecule has 0 radical (unpaired) electrons. The highest BCUT2D eigenvalue weighted by Crippen LogP contribution is 2.27. The molecular weight excluding hydrogens is 382 g/mol. The van der Waals surface area contributed by atoms with Gasteiger partial charge in [-0.05, 0) is 40.5 Å². The molecule has 0 spiro atoms. The van der Waals surface area contributed by atoms with Gasteiger partial charge in [0, 0.05) is 6.54 Å². The molecule has 0 saturated heterocycles. The van der Waals surface area contributed by atoms with Crippen LogP contribution in [0.5, 0.6) is 11.5 Å². The van der Waals surface area contributed by atoms with Gasteiger partial charge in [0.1, 0.15) is 0 Å². The van der Waals surface area contributed by atoms with Crippen molar-refractivity contribution in [2.45, 2.75) is 12.8 Å². The quantitative estimate of drug-likeness (QED) is 0.551. The van der Waals surface area contributed by atoms with Gasteiger partial charge in [0.15, 0.2) is 18.1 Å². The number of ether oxygens (including phenoxy) is 3. The van der Waals surface area contributed by atoms with Crippen molar-refractivity contribution in [1.29, 1.82) is 0 Å². The molecule has 0 aliphatic carbocycles. The summed E-state index contributed by atoms with van der Waals surface area (Å²) in [7, 11) is 3.16. The van der Waals surface area contributed by atoms with Gasteiger partial charge in [-0.2, -0.15) is 0 Å². The van der Waals surface area contributed by atoms with Crippen molar-refractivity contribution in [2.24, 2.45) is 0 Å². The second-order valence-corrected chi connectivity index (χ2v) is 6.77. The average molecular weight is 407 g/mol. The van der Waals surface area contributed by atoms with E-state index in [2.05, 4.69) is 5.32 Å². The van der Waals surface area contributed by atoms with E-state index in [1.54, 1.807) is 14.2 Å². The summed E-state index contributed by atoms with van der Waals surface area (Å²) in [5, 5.41) is 4.83.